The van der Waals surface area contributed by atoms with E-state index in [2.05, 4.69) is 6.92 Å². The van der Waals surface area contributed by atoms with Gasteiger partial charge in [-0.25, -0.2) is 0 Å². The zero-order valence-electron chi connectivity index (χ0n) is 2.78. The van der Waals surface area contributed by atoms with Gasteiger partial charge < -0.3 is 0 Å². The lowest BCUT2D eigenvalue weighted by Gasteiger charge is -1.51. The fourth-order valence-corrected chi connectivity index (χ4v) is 0. The van der Waals surface area contributed by atoms with Crippen LogP contribution in [0.1, 0.15) is 6.92 Å². The van der Waals surface area contributed by atoms with Crippen molar-refractivity contribution in [3.8, 4) is 6.00 Å². The first kappa shape index (κ1) is 4.00. The highest BCUT2D eigenvalue weighted by molar-refractivity contribution is 6.21. The summed E-state index contributed by atoms with van der Waals surface area (Å²) in [5.74, 6) is 0. The molecule has 0 aliphatic carbocycles. The first-order valence-electron chi connectivity index (χ1n) is 1.35. The average molecular weight is 70.2 g/mol. The molecule has 0 amide bonds. The molecule has 4 heavy (non-hydrogen) atoms. The number of hydrogen-bond acceptors (Lipinski definition) is 0. The van der Waals surface area contributed by atoms with Gasteiger partial charge in [0, 0.05) is 0 Å². The third kappa shape index (κ3) is 2.00. The Bertz CT molecular complexity index is 33.0. The van der Waals surface area contributed by atoms with Crippen molar-refractivity contribution < 1.29 is 0 Å². The van der Waals surface area contributed by atoms with Crippen LogP contribution in [0.5, 0.6) is 0 Å². The summed E-state index contributed by atoms with van der Waals surface area (Å²) in [5.41, 5.74) is 0. The summed E-state index contributed by atoms with van der Waals surface area (Å²) in [6, 6.07) is 6.18. The summed E-state index contributed by atoms with van der Waals surface area (Å²) in [5, 5.41) is 0. The van der Waals surface area contributed by atoms with Crippen LogP contribution in [0.3, 0.4) is 0 Å². The zero-order valence-corrected chi connectivity index (χ0v) is 3.78. The lowest BCUT2D eigenvalue weighted by molar-refractivity contribution is 1.48. The molecule has 22 valence electrons. The molecule has 0 aliphatic heterocycles. The predicted octanol–water partition coefficient (Wildman–Crippen LogP) is 0.718. The van der Waals surface area contributed by atoms with E-state index >= 15 is 0 Å². The quantitative estimate of drug-likeness (QED) is 0.368. The molecule has 0 bridgehead atoms. The molecule has 0 heterocycles. The molecule has 0 saturated carbocycles. The molecule has 0 rings (SSSR count). The Kier molecular flexibility index (Phi) is 2.99. The van der Waals surface area contributed by atoms with Crippen LogP contribution >= 0.6 is 0 Å². The molecule has 0 saturated heterocycles. The van der Waals surface area contributed by atoms with Crippen molar-refractivity contribution in [2.45, 2.75) is 13.0 Å². The fourth-order valence-electron chi connectivity index (χ4n) is 0. The Morgan fingerprint density at radius 3 is 2.25 bits per heavy atom. The Balaban J connectivity index is 2.43. The van der Waals surface area contributed by atoms with Crippen LogP contribution < -0.4 is 0 Å². The van der Waals surface area contributed by atoms with E-state index in [-0.39, 0.29) is 0 Å². The summed E-state index contributed by atoms with van der Waals surface area (Å²) in [6.07, 6.45) is 0. The van der Waals surface area contributed by atoms with Crippen LogP contribution in [0.25, 0.3) is 0 Å². The summed E-state index contributed by atoms with van der Waals surface area (Å²) in [4.78, 5) is 0. The maximum Gasteiger partial charge on any atom is -0.0170 e. The van der Waals surface area contributed by atoms with Crippen molar-refractivity contribution in [1.29, 1.82) is 0 Å². The number of rotatable bonds is 0. The molecule has 0 nitrogen and oxygen atoms in total. The molecule has 0 radical (unpaired) electrons. The molecule has 0 spiro atoms. The lowest BCUT2D eigenvalue weighted by atomic mass is 11.0. The van der Waals surface area contributed by atoms with E-state index in [1.807, 2.05) is 0 Å². The third-order valence-electron chi connectivity index (χ3n) is 0.204. The minimum atomic E-state index is 0.640. The highest BCUT2D eigenvalue weighted by Crippen LogP contribution is 1.53. The molecule has 0 aliphatic rings. The van der Waals surface area contributed by atoms with Crippen molar-refractivity contribution in [1.82, 2.24) is 0 Å². The van der Waals surface area contributed by atoms with Gasteiger partial charge >= 0.3 is 0 Å². The summed E-state index contributed by atoms with van der Waals surface area (Å²) >= 11 is 0. The van der Waals surface area contributed by atoms with E-state index in [4.69, 9.17) is 6.00 Å². The first-order valence-corrected chi connectivity index (χ1v) is 2.63. The maximum atomic E-state index is 5.06. The van der Waals surface area contributed by atoms with E-state index in [1.54, 1.807) is 0 Å². The predicted molar refractivity (Wildman–Crippen MR) is 21.2 cm³/mol. The fraction of sp³-hybridized carbons (Fsp3) is 0.667. The van der Waals surface area contributed by atoms with Gasteiger partial charge in [-0.2, -0.15) is 6.00 Å². The molecule has 0 aromatic rings. The van der Waals surface area contributed by atoms with Crippen LogP contribution in [0.2, 0.25) is 6.04 Å². The van der Waals surface area contributed by atoms with Gasteiger partial charge in [0.2, 0.25) is 0 Å². The molecule has 0 unspecified atom stereocenters. The van der Waals surface area contributed by atoms with Gasteiger partial charge in [-0.05, 0) is 15.0 Å². The van der Waals surface area contributed by atoms with Gasteiger partial charge in [-0.1, -0.05) is 6.92 Å². The first-order chi connectivity index (χ1) is 1.91. The van der Waals surface area contributed by atoms with Crippen LogP contribution in [0, 0.1) is 6.00 Å². The van der Waals surface area contributed by atoms with Gasteiger partial charge in [0.25, 0.3) is 0 Å². The zero-order chi connectivity index (χ0) is 3.41. The largest absolute Gasteiger partial charge is 0.158 e. The Morgan fingerprint density at radius 2 is 2.25 bits per heavy atom. The highest BCUT2D eigenvalue weighted by atomic mass is 28.2. The minimum absolute atomic E-state index is 0.640. The molecule has 1 heteroatoms. The van der Waals surface area contributed by atoms with Gasteiger partial charge in [0.05, 0.1) is 0 Å². The summed E-state index contributed by atoms with van der Waals surface area (Å²) < 4.78 is 0. The minimum Gasteiger partial charge on any atom is -0.158 e. The molecule has 0 aromatic carbocycles. The van der Waals surface area contributed by atoms with Gasteiger partial charge in [0.1, 0.15) is 0 Å². The second kappa shape index (κ2) is 3.00. The monoisotopic (exact) mass is 70.0 g/mol. The Labute approximate surface area is 28.9 Å². The smallest absolute Gasteiger partial charge is 0.0170 e. The molecular weight excluding hydrogens is 64.1 g/mol. The van der Waals surface area contributed by atoms with Gasteiger partial charge in [-0.3, -0.25) is 0 Å². The van der Waals surface area contributed by atoms with Crippen LogP contribution in [0.15, 0.2) is 0 Å². The highest BCUT2D eigenvalue weighted by Gasteiger charge is 1.45. The van der Waals surface area contributed by atoms with E-state index in [9.17, 15) is 0 Å². The summed E-state index contributed by atoms with van der Waals surface area (Å²) in [6.45, 7) is 2.07. The average Bonchev–Trinajstić information content (AvgIpc) is 1.37. The second-order valence-corrected chi connectivity index (χ2v) is 1.67. The third-order valence-corrected chi connectivity index (χ3v) is 0.612. The van der Waals surface area contributed by atoms with Crippen LogP contribution in [-0.2, 0) is 0 Å². The maximum absolute atomic E-state index is 5.06. The van der Waals surface area contributed by atoms with Crippen molar-refractivity contribution in [2.75, 3.05) is 0 Å². The molecule has 0 N–H and O–H groups in total. The van der Waals surface area contributed by atoms with Crippen molar-refractivity contribution in [2.24, 2.45) is 0 Å². The van der Waals surface area contributed by atoms with Crippen LogP contribution in [-0.4, -0.2) is 8.96 Å². The standard InChI is InChI=1S/C3H6Si/c1-3-4-2/h2H,3H2,1H3. The topological polar surface area (TPSA) is 0 Å². The second-order valence-electron chi connectivity index (χ2n) is 0.558. The molecule has 0 aromatic heterocycles. The Morgan fingerprint density at radius 1 is 2.00 bits per heavy atom. The summed E-state index contributed by atoms with van der Waals surface area (Å²) in [7, 11) is 0.640. The SMILES string of the molecule is C#[Si]CC. The van der Waals surface area contributed by atoms with E-state index in [0.717, 1.165) is 6.04 Å². The lowest BCUT2D eigenvalue weighted by Crippen LogP contribution is -1.50. The van der Waals surface area contributed by atoms with Gasteiger partial charge in [-0.15, -0.1) is 0 Å². The molecular formula is C3H6Si. The molecule has 0 fully saturated rings. The van der Waals surface area contributed by atoms with Gasteiger partial charge in [0.15, 0.2) is 0 Å². The Hall–Kier alpha value is -0.00312. The molecule has 0 atom stereocenters. The normalized spacial score (nSPS) is 5.00. The van der Waals surface area contributed by atoms with E-state index in [1.165, 1.54) is 0 Å². The van der Waals surface area contributed by atoms with Crippen molar-refractivity contribution >= 4 is 8.96 Å². The van der Waals surface area contributed by atoms with E-state index < -0.39 is 0 Å². The van der Waals surface area contributed by atoms with Crippen molar-refractivity contribution in [3.63, 3.8) is 0 Å². The van der Waals surface area contributed by atoms with Crippen LogP contribution in [0.4, 0.5) is 0 Å². The van der Waals surface area contributed by atoms with E-state index in [0.29, 0.717) is 8.96 Å². The number of hydrogen-bond donors (Lipinski definition) is 0. The van der Waals surface area contributed by atoms with Crippen molar-refractivity contribution in [3.05, 3.63) is 0 Å².